The average Bonchev–Trinajstić information content (AvgIpc) is 3.14. The molecule has 0 aliphatic rings. The van der Waals surface area contributed by atoms with Crippen molar-refractivity contribution in [2.24, 2.45) is 0 Å². The number of hydrogen-bond acceptors (Lipinski definition) is 0. The summed E-state index contributed by atoms with van der Waals surface area (Å²) in [4.78, 5) is 0. The standard InChI is InChI=1S/C46H30/c1-3-16-32(17-4-1)42-30-43(36-21-9-10-22-37(36)44(42)33-18-5-2-6-19-33)46-40-25-13-11-23-38(40)45(39-24-12-14-26-41(39)46)35-28-27-31-15-7-8-20-34(31)29-35/h1-30H. The number of hydrogen-bond donors (Lipinski definition) is 0. The highest BCUT2D eigenvalue weighted by Gasteiger charge is 2.21. The molecule has 0 saturated carbocycles. The van der Waals surface area contributed by atoms with Crippen molar-refractivity contribution in [2.45, 2.75) is 0 Å². The Bertz CT molecular complexity index is 2500. The molecule has 0 spiro atoms. The SMILES string of the molecule is c1ccc(-c2cc(-c3c4ccccc4c(-c4ccc5ccccc5c4)c4ccccc34)c3ccccc3c2-c2ccccc2)cc1. The Labute approximate surface area is 268 Å². The van der Waals surface area contributed by atoms with Gasteiger partial charge in [-0.25, -0.2) is 0 Å². The van der Waals surface area contributed by atoms with E-state index >= 15 is 0 Å². The first-order valence-electron chi connectivity index (χ1n) is 15.9. The molecule has 0 bridgehead atoms. The lowest BCUT2D eigenvalue weighted by Gasteiger charge is -2.22. The van der Waals surface area contributed by atoms with Crippen LogP contribution in [0.25, 0.3) is 87.6 Å². The molecule has 0 heterocycles. The van der Waals surface area contributed by atoms with E-state index in [4.69, 9.17) is 0 Å². The van der Waals surface area contributed by atoms with Crippen molar-refractivity contribution in [1.82, 2.24) is 0 Å². The van der Waals surface area contributed by atoms with Gasteiger partial charge in [0, 0.05) is 0 Å². The predicted molar refractivity (Wildman–Crippen MR) is 198 cm³/mol. The van der Waals surface area contributed by atoms with E-state index in [1.807, 2.05) is 0 Å². The lowest BCUT2D eigenvalue weighted by Crippen LogP contribution is -1.94. The fourth-order valence-corrected chi connectivity index (χ4v) is 7.42. The van der Waals surface area contributed by atoms with E-state index in [9.17, 15) is 0 Å². The van der Waals surface area contributed by atoms with Crippen molar-refractivity contribution < 1.29 is 0 Å². The monoisotopic (exact) mass is 582 g/mol. The van der Waals surface area contributed by atoms with Crippen LogP contribution in [0.3, 0.4) is 0 Å². The largest absolute Gasteiger partial charge is 0.0622 e. The van der Waals surface area contributed by atoms with E-state index in [0.717, 1.165) is 0 Å². The maximum absolute atomic E-state index is 2.45. The predicted octanol–water partition coefficient (Wildman–Crippen LogP) is 13.0. The van der Waals surface area contributed by atoms with Gasteiger partial charge in [0.1, 0.15) is 0 Å². The van der Waals surface area contributed by atoms with Crippen LogP contribution in [0, 0.1) is 0 Å². The summed E-state index contributed by atoms with van der Waals surface area (Å²) in [6, 6.07) is 66.5. The number of rotatable bonds is 4. The molecule has 0 N–H and O–H groups in total. The Kier molecular flexibility index (Phi) is 6.25. The van der Waals surface area contributed by atoms with Crippen molar-refractivity contribution in [3.05, 3.63) is 182 Å². The summed E-state index contributed by atoms with van der Waals surface area (Å²) < 4.78 is 0. The first kappa shape index (κ1) is 26.4. The summed E-state index contributed by atoms with van der Waals surface area (Å²) in [6.07, 6.45) is 0. The van der Waals surface area contributed by atoms with Crippen molar-refractivity contribution >= 4 is 43.1 Å². The van der Waals surface area contributed by atoms with Gasteiger partial charge in [-0.15, -0.1) is 0 Å². The van der Waals surface area contributed by atoms with Crippen LogP contribution < -0.4 is 0 Å². The Balaban J connectivity index is 1.44. The molecule has 0 aliphatic carbocycles. The minimum absolute atomic E-state index is 1.22. The quantitative estimate of drug-likeness (QED) is 0.181. The highest BCUT2D eigenvalue weighted by atomic mass is 14.2. The third-order valence-electron chi connectivity index (χ3n) is 9.43. The van der Waals surface area contributed by atoms with E-state index < -0.39 is 0 Å². The van der Waals surface area contributed by atoms with Crippen LogP contribution in [0.15, 0.2) is 182 Å². The Morgan fingerprint density at radius 2 is 0.674 bits per heavy atom. The van der Waals surface area contributed by atoms with E-state index in [1.165, 1.54) is 87.6 Å². The first-order valence-corrected chi connectivity index (χ1v) is 15.9. The molecule has 0 unspecified atom stereocenters. The molecule has 0 aromatic heterocycles. The summed E-state index contributed by atoms with van der Waals surface area (Å²) in [7, 11) is 0. The van der Waals surface area contributed by atoms with Gasteiger partial charge < -0.3 is 0 Å². The lowest BCUT2D eigenvalue weighted by molar-refractivity contribution is 1.60. The smallest absolute Gasteiger partial charge is 0.00199 e. The molecule has 0 nitrogen and oxygen atoms in total. The van der Waals surface area contributed by atoms with Gasteiger partial charge >= 0.3 is 0 Å². The van der Waals surface area contributed by atoms with Crippen molar-refractivity contribution in [3.8, 4) is 44.5 Å². The zero-order valence-corrected chi connectivity index (χ0v) is 25.3. The zero-order valence-electron chi connectivity index (χ0n) is 25.3. The molecule has 9 aromatic carbocycles. The van der Waals surface area contributed by atoms with Gasteiger partial charge in [-0.1, -0.05) is 170 Å². The van der Waals surface area contributed by atoms with Gasteiger partial charge in [0.05, 0.1) is 0 Å². The number of benzene rings is 9. The molecule has 214 valence electrons. The summed E-state index contributed by atoms with van der Waals surface area (Å²) in [5.41, 5.74) is 10.0. The highest BCUT2D eigenvalue weighted by Crippen LogP contribution is 2.49. The molecule has 0 saturated heterocycles. The van der Waals surface area contributed by atoms with Crippen LogP contribution in [0.4, 0.5) is 0 Å². The van der Waals surface area contributed by atoms with Crippen molar-refractivity contribution in [2.75, 3.05) is 0 Å². The molecule has 9 aromatic rings. The van der Waals surface area contributed by atoms with E-state index in [2.05, 4.69) is 182 Å². The third kappa shape index (κ3) is 4.23. The van der Waals surface area contributed by atoms with Gasteiger partial charge in [-0.3, -0.25) is 0 Å². The Morgan fingerprint density at radius 3 is 1.28 bits per heavy atom. The molecule has 0 atom stereocenters. The molecular formula is C46H30. The van der Waals surface area contributed by atoms with Gasteiger partial charge in [0.15, 0.2) is 0 Å². The molecule has 9 rings (SSSR count). The Hall–Kier alpha value is -5.98. The fourth-order valence-electron chi connectivity index (χ4n) is 7.42. The fraction of sp³-hybridized carbons (Fsp3) is 0. The summed E-state index contributed by atoms with van der Waals surface area (Å²) in [5, 5.41) is 10.1. The second-order valence-electron chi connectivity index (χ2n) is 12.0. The van der Waals surface area contributed by atoms with E-state index in [0.29, 0.717) is 0 Å². The second-order valence-corrected chi connectivity index (χ2v) is 12.0. The maximum Gasteiger partial charge on any atom is -0.00199 e. The van der Waals surface area contributed by atoms with Gasteiger partial charge in [-0.05, 0) is 99.7 Å². The maximum atomic E-state index is 2.45. The second kappa shape index (κ2) is 10.9. The Morgan fingerprint density at radius 1 is 0.217 bits per heavy atom. The molecule has 0 heteroatoms. The molecule has 0 aliphatic heterocycles. The van der Waals surface area contributed by atoms with Gasteiger partial charge in [0.25, 0.3) is 0 Å². The minimum Gasteiger partial charge on any atom is -0.0622 e. The summed E-state index contributed by atoms with van der Waals surface area (Å²) in [5.74, 6) is 0. The zero-order chi connectivity index (χ0) is 30.5. The van der Waals surface area contributed by atoms with Gasteiger partial charge in [0.2, 0.25) is 0 Å². The third-order valence-corrected chi connectivity index (χ3v) is 9.43. The summed E-state index contributed by atoms with van der Waals surface area (Å²) in [6.45, 7) is 0. The van der Waals surface area contributed by atoms with Crippen molar-refractivity contribution in [3.63, 3.8) is 0 Å². The molecule has 46 heavy (non-hydrogen) atoms. The molecule has 0 radical (unpaired) electrons. The van der Waals surface area contributed by atoms with Crippen LogP contribution in [0.2, 0.25) is 0 Å². The van der Waals surface area contributed by atoms with Crippen LogP contribution >= 0.6 is 0 Å². The number of fused-ring (bicyclic) bond motifs is 4. The first-order chi connectivity index (χ1) is 22.8. The van der Waals surface area contributed by atoms with Crippen LogP contribution in [-0.4, -0.2) is 0 Å². The molecular weight excluding hydrogens is 553 g/mol. The van der Waals surface area contributed by atoms with Crippen LogP contribution in [0.1, 0.15) is 0 Å². The van der Waals surface area contributed by atoms with Crippen LogP contribution in [-0.2, 0) is 0 Å². The van der Waals surface area contributed by atoms with E-state index in [-0.39, 0.29) is 0 Å². The van der Waals surface area contributed by atoms with Crippen LogP contribution in [0.5, 0.6) is 0 Å². The van der Waals surface area contributed by atoms with Crippen molar-refractivity contribution in [1.29, 1.82) is 0 Å². The molecule has 0 fully saturated rings. The highest BCUT2D eigenvalue weighted by molar-refractivity contribution is 6.25. The van der Waals surface area contributed by atoms with Gasteiger partial charge in [-0.2, -0.15) is 0 Å². The minimum atomic E-state index is 1.22. The normalized spacial score (nSPS) is 11.5. The lowest BCUT2D eigenvalue weighted by atomic mass is 9.81. The molecule has 0 amide bonds. The summed E-state index contributed by atoms with van der Waals surface area (Å²) >= 11 is 0. The average molecular weight is 583 g/mol. The van der Waals surface area contributed by atoms with E-state index in [1.54, 1.807) is 0 Å². The topological polar surface area (TPSA) is 0 Å².